The van der Waals surface area contributed by atoms with Crippen molar-refractivity contribution in [3.63, 3.8) is 0 Å². The van der Waals surface area contributed by atoms with E-state index in [1.165, 1.54) is 19.3 Å². The Morgan fingerprint density at radius 3 is 1.62 bits per heavy atom. The molecule has 0 atom stereocenters. The molecule has 0 spiro atoms. The Bertz CT molecular complexity index is 418. The van der Waals surface area contributed by atoms with Gasteiger partial charge in [0.1, 0.15) is 0 Å². The maximum absolute atomic E-state index is 3.30. The molecule has 1 aliphatic rings. The number of rotatable bonds is 0. The van der Waals surface area contributed by atoms with E-state index in [1.54, 1.807) is 0 Å². The van der Waals surface area contributed by atoms with Gasteiger partial charge in [-0.15, -0.1) is 0 Å². The summed E-state index contributed by atoms with van der Waals surface area (Å²) in [6.07, 6.45) is 40.0. The zero-order valence-electron chi connectivity index (χ0n) is 12.7. The summed E-state index contributed by atoms with van der Waals surface area (Å²) in [7, 11) is 0. The molecule has 0 heteroatoms. The number of allylic oxidation sites excluding steroid dienone is 16. The molecule has 0 aromatic carbocycles. The lowest BCUT2D eigenvalue weighted by Gasteiger charge is -1.93. The first-order chi connectivity index (χ1) is 10.5. The Labute approximate surface area is 130 Å². The van der Waals surface area contributed by atoms with Gasteiger partial charge in [-0.3, -0.25) is 0 Å². The first-order valence-electron chi connectivity index (χ1n) is 7.72. The van der Waals surface area contributed by atoms with Crippen molar-refractivity contribution >= 4 is 0 Å². The highest BCUT2D eigenvalue weighted by atomic mass is 13.9. The van der Waals surface area contributed by atoms with E-state index in [9.17, 15) is 0 Å². The third-order valence-electron chi connectivity index (χ3n) is 2.88. The molecule has 0 N–H and O–H groups in total. The molecular formula is C21H25. The van der Waals surface area contributed by atoms with Crippen LogP contribution >= 0.6 is 0 Å². The molecule has 1 aliphatic carbocycles. The van der Waals surface area contributed by atoms with Gasteiger partial charge in [0.2, 0.25) is 0 Å². The summed E-state index contributed by atoms with van der Waals surface area (Å²) in [5.74, 6) is 0. The Balaban J connectivity index is 2.49. The predicted octanol–water partition coefficient (Wildman–Crippen LogP) is 6.20. The zero-order valence-corrected chi connectivity index (χ0v) is 12.7. The normalized spacial score (nSPS) is 30.1. The Morgan fingerprint density at radius 1 is 0.476 bits per heavy atom. The van der Waals surface area contributed by atoms with Crippen LogP contribution in [0.15, 0.2) is 91.1 Å². The van der Waals surface area contributed by atoms with Crippen LogP contribution in [0.3, 0.4) is 0 Å². The van der Waals surface area contributed by atoms with Gasteiger partial charge < -0.3 is 0 Å². The molecule has 0 aromatic heterocycles. The molecule has 0 fully saturated rings. The fraction of sp³-hybridized carbons (Fsp3) is 0.238. The maximum Gasteiger partial charge on any atom is -0.0276 e. The highest BCUT2D eigenvalue weighted by Crippen LogP contribution is 2.04. The SMILES string of the molecule is [C]1=C/C=C/C=C/C=C/C=C\C=C\C=C\C=C\CCCCC/1. The zero-order chi connectivity index (χ0) is 14.8. The first kappa shape index (κ1) is 17.0. The second kappa shape index (κ2) is 14.3. The van der Waals surface area contributed by atoms with Crippen molar-refractivity contribution in [2.75, 3.05) is 0 Å². The Kier molecular flexibility index (Phi) is 11.6. The Hall–Kier alpha value is -2.08. The predicted molar refractivity (Wildman–Crippen MR) is 94.9 cm³/mol. The second-order valence-electron chi connectivity index (χ2n) is 4.71. The van der Waals surface area contributed by atoms with Gasteiger partial charge in [-0.1, -0.05) is 97.6 Å². The molecule has 0 aromatic rings. The van der Waals surface area contributed by atoms with Gasteiger partial charge in [0, 0.05) is 0 Å². The van der Waals surface area contributed by atoms with E-state index < -0.39 is 0 Å². The molecule has 0 nitrogen and oxygen atoms in total. The van der Waals surface area contributed by atoms with Gasteiger partial charge in [-0.05, 0) is 31.8 Å². The smallest absolute Gasteiger partial charge is 0.0276 e. The molecule has 109 valence electrons. The van der Waals surface area contributed by atoms with Crippen molar-refractivity contribution in [2.24, 2.45) is 0 Å². The Morgan fingerprint density at radius 2 is 1.00 bits per heavy atom. The molecule has 0 saturated carbocycles. The summed E-state index contributed by atoms with van der Waals surface area (Å²) in [5.41, 5.74) is 0. The summed E-state index contributed by atoms with van der Waals surface area (Å²) >= 11 is 0. The van der Waals surface area contributed by atoms with Crippen molar-refractivity contribution in [3.8, 4) is 0 Å². The lowest BCUT2D eigenvalue weighted by atomic mass is 10.1. The van der Waals surface area contributed by atoms with E-state index in [-0.39, 0.29) is 0 Å². The number of hydrogen-bond donors (Lipinski definition) is 0. The van der Waals surface area contributed by atoms with Crippen LogP contribution in [0.4, 0.5) is 0 Å². The summed E-state index contributed by atoms with van der Waals surface area (Å²) in [5, 5.41) is 0. The van der Waals surface area contributed by atoms with E-state index in [0.717, 1.165) is 12.8 Å². The van der Waals surface area contributed by atoms with Gasteiger partial charge in [-0.2, -0.15) is 0 Å². The van der Waals surface area contributed by atoms with E-state index in [4.69, 9.17) is 0 Å². The fourth-order valence-corrected chi connectivity index (χ4v) is 1.75. The van der Waals surface area contributed by atoms with E-state index >= 15 is 0 Å². The van der Waals surface area contributed by atoms with Crippen LogP contribution in [0.25, 0.3) is 0 Å². The van der Waals surface area contributed by atoms with Crippen LogP contribution in [0.2, 0.25) is 0 Å². The average Bonchev–Trinajstić information content (AvgIpc) is 2.50. The van der Waals surface area contributed by atoms with Crippen LogP contribution in [-0.2, 0) is 0 Å². The molecular weight excluding hydrogens is 252 g/mol. The standard InChI is InChI=1S/C21H25/c1-2-4-6-8-10-12-14-16-18-20-21-19-17-15-13-11-9-7-5-3-1/h1-15H,16,18-21H2/b2-1-,5-3+,6-4+,9-7+,10-8+,13-11+,14-12+,17-15?. The molecule has 1 rings (SSSR count). The fourth-order valence-electron chi connectivity index (χ4n) is 1.75. The molecule has 0 bridgehead atoms. The number of hydrogen-bond acceptors (Lipinski definition) is 0. The lowest BCUT2D eigenvalue weighted by Crippen LogP contribution is -1.74. The van der Waals surface area contributed by atoms with E-state index in [1.807, 2.05) is 66.8 Å². The van der Waals surface area contributed by atoms with Gasteiger partial charge >= 0.3 is 0 Å². The molecule has 0 aliphatic heterocycles. The summed E-state index contributed by atoms with van der Waals surface area (Å²) in [6, 6.07) is 0. The van der Waals surface area contributed by atoms with E-state index in [0.29, 0.717) is 0 Å². The van der Waals surface area contributed by atoms with Gasteiger partial charge in [0.15, 0.2) is 0 Å². The lowest BCUT2D eigenvalue weighted by molar-refractivity contribution is 0.691. The molecule has 0 saturated heterocycles. The summed E-state index contributed by atoms with van der Waals surface area (Å²) in [6.45, 7) is 0. The largest absolute Gasteiger partial charge is 0.0845 e. The molecule has 0 heterocycles. The maximum atomic E-state index is 3.30. The third kappa shape index (κ3) is 12.7. The van der Waals surface area contributed by atoms with Crippen molar-refractivity contribution in [3.05, 3.63) is 97.2 Å². The molecule has 0 amide bonds. The van der Waals surface area contributed by atoms with Crippen LogP contribution in [0.5, 0.6) is 0 Å². The minimum Gasteiger partial charge on any atom is -0.0845 e. The molecule has 0 unspecified atom stereocenters. The van der Waals surface area contributed by atoms with Gasteiger partial charge in [0.05, 0.1) is 0 Å². The minimum absolute atomic E-state index is 1.05. The van der Waals surface area contributed by atoms with Crippen LogP contribution < -0.4 is 0 Å². The highest BCUT2D eigenvalue weighted by Gasteiger charge is 1.85. The van der Waals surface area contributed by atoms with Crippen molar-refractivity contribution < 1.29 is 0 Å². The first-order valence-corrected chi connectivity index (χ1v) is 7.72. The topological polar surface area (TPSA) is 0 Å². The summed E-state index contributed by atoms with van der Waals surface area (Å²) < 4.78 is 0. The van der Waals surface area contributed by atoms with Crippen LogP contribution in [-0.4, -0.2) is 0 Å². The van der Waals surface area contributed by atoms with Crippen LogP contribution in [0, 0.1) is 6.08 Å². The van der Waals surface area contributed by atoms with Gasteiger partial charge in [-0.25, -0.2) is 0 Å². The van der Waals surface area contributed by atoms with Crippen molar-refractivity contribution in [2.45, 2.75) is 32.1 Å². The minimum atomic E-state index is 1.05. The highest BCUT2D eigenvalue weighted by molar-refractivity contribution is 5.21. The monoisotopic (exact) mass is 277 g/mol. The van der Waals surface area contributed by atoms with Crippen molar-refractivity contribution in [1.82, 2.24) is 0 Å². The van der Waals surface area contributed by atoms with Crippen molar-refractivity contribution in [1.29, 1.82) is 0 Å². The van der Waals surface area contributed by atoms with Gasteiger partial charge in [0.25, 0.3) is 0 Å². The third-order valence-corrected chi connectivity index (χ3v) is 2.88. The quantitative estimate of drug-likeness (QED) is 0.494. The molecule has 1 radical (unpaired) electrons. The summed E-state index contributed by atoms with van der Waals surface area (Å²) in [4.78, 5) is 0. The average molecular weight is 277 g/mol. The molecule has 21 heavy (non-hydrogen) atoms. The second-order valence-corrected chi connectivity index (χ2v) is 4.71. The van der Waals surface area contributed by atoms with E-state index in [2.05, 4.69) is 30.4 Å². The van der Waals surface area contributed by atoms with Crippen LogP contribution in [0.1, 0.15) is 32.1 Å².